The number of hydrogen-bond donors (Lipinski definition) is 1. The lowest BCUT2D eigenvalue weighted by Gasteiger charge is -2.40. The fourth-order valence-electron chi connectivity index (χ4n) is 3.75. The predicted molar refractivity (Wildman–Crippen MR) is 103 cm³/mol. The molecule has 0 amide bonds. The van der Waals surface area contributed by atoms with Crippen molar-refractivity contribution in [1.29, 1.82) is 0 Å². The van der Waals surface area contributed by atoms with Crippen molar-refractivity contribution in [3.8, 4) is 0 Å². The number of rotatable bonds is 5. The summed E-state index contributed by atoms with van der Waals surface area (Å²) in [6.45, 7) is 9.50. The summed E-state index contributed by atoms with van der Waals surface area (Å²) >= 11 is 0. The van der Waals surface area contributed by atoms with Gasteiger partial charge in [-0.3, -0.25) is 0 Å². The number of likely N-dealkylation sites (tertiary alicyclic amines) is 1. The smallest absolute Gasteiger partial charge is 0.223 e. The van der Waals surface area contributed by atoms with Gasteiger partial charge in [0.05, 0.1) is 0 Å². The van der Waals surface area contributed by atoms with Gasteiger partial charge in [-0.1, -0.05) is 48.8 Å². The molecule has 2 unspecified atom stereocenters. The van der Waals surface area contributed by atoms with Crippen LogP contribution in [-0.2, 0) is 6.54 Å². The van der Waals surface area contributed by atoms with Crippen molar-refractivity contribution in [3.05, 3.63) is 47.6 Å². The second kappa shape index (κ2) is 8.83. The van der Waals surface area contributed by atoms with Gasteiger partial charge in [0.25, 0.3) is 0 Å². The van der Waals surface area contributed by atoms with Gasteiger partial charge in [0, 0.05) is 26.6 Å². The Hall–Kier alpha value is -2.37. The Morgan fingerprint density at radius 2 is 2.12 bits per heavy atom. The van der Waals surface area contributed by atoms with Crippen LogP contribution in [0.4, 0.5) is 0 Å². The minimum absolute atomic E-state index is 0.440. The van der Waals surface area contributed by atoms with E-state index in [1.165, 1.54) is 12.0 Å². The van der Waals surface area contributed by atoms with E-state index >= 15 is 0 Å². The molecule has 1 aliphatic heterocycles. The SMILES string of the molecule is CCNC(=NCc1noc(C)n1)N1CCC(c2ccccc2)C(CC)C1. The topological polar surface area (TPSA) is 66.5 Å². The van der Waals surface area contributed by atoms with Gasteiger partial charge in [-0.05, 0) is 30.7 Å². The number of benzene rings is 1. The first-order valence-corrected chi connectivity index (χ1v) is 9.58. The standard InChI is InChI=1S/C20H29N5O/c1-4-16-14-25(12-11-18(16)17-9-7-6-8-10-17)20(21-5-2)22-13-19-23-15(3)26-24-19/h6-10,16,18H,4-5,11-14H2,1-3H3,(H,21,22). The van der Waals surface area contributed by atoms with Crippen LogP contribution in [0.15, 0.2) is 39.8 Å². The van der Waals surface area contributed by atoms with E-state index in [9.17, 15) is 0 Å². The molecule has 0 radical (unpaired) electrons. The van der Waals surface area contributed by atoms with Crippen molar-refractivity contribution in [1.82, 2.24) is 20.4 Å². The zero-order valence-corrected chi connectivity index (χ0v) is 16.0. The molecule has 1 fully saturated rings. The molecule has 6 heteroatoms. The number of hydrogen-bond acceptors (Lipinski definition) is 4. The molecule has 3 rings (SSSR count). The highest BCUT2D eigenvalue weighted by Gasteiger charge is 2.30. The molecule has 1 aromatic carbocycles. The Balaban J connectivity index is 1.70. The van der Waals surface area contributed by atoms with Gasteiger partial charge in [0.2, 0.25) is 5.89 Å². The third-order valence-corrected chi connectivity index (χ3v) is 5.06. The van der Waals surface area contributed by atoms with Crippen molar-refractivity contribution in [2.45, 2.75) is 46.1 Å². The number of piperidine rings is 1. The van der Waals surface area contributed by atoms with Crippen LogP contribution in [0.2, 0.25) is 0 Å². The maximum atomic E-state index is 5.04. The number of aryl methyl sites for hydroxylation is 1. The number of aromatic nitrogens is 2. The normalized spacial score (nSPS) is 21.0. The molecule has 1 N–H and O–H groups in total. The lowest BCUT2D eigenvalue weighted by molar-refractivity contribution is 0.215. The van der Waals surface area contributed by atoms with E-state index in [1.54, 1.807) is 6.92 Å². The highest BCUT2D eigenvalue weighted by molar-refractivity contribution is 5.80. The molecule has 1 aromatic heterocycles. The van der Waals surface area contributed by atoms with E-state index in [0.29, 0.717) is 30.1 Å². The minimum Gasteiger partial charge on any atom is -0.357 e. The molecular weight excluding hydrogens is 326 g/mol. The van der Waals surface area contributed by atoms with Crippen LogP contribution in [0, 0.1) is 12.8 Å². The molecule has 140 valence electrons. The molecule has 6 nitrogen and oxygen atoms in total. The second-order valence-corrected chi connectivity index (χ2v) is 6.82. The fraction of sp³-hybridized carbons (Fsp3) is 0.550. The third-order valence-electron chi connectivity index (χ3n) is 5.06. The third kappa shape index (κ3) is 4.42. The first-order valence-electron chi connectivity index (χ1n) is 9.58. The summed E-state index contributed by atoms with van der Waals surface area (Å²) in [5.41, 5.74) is 1.46. The van der Waals surface area contributed by atoms with Crippen LogP contribution in [0.5, 0.6) is 0 Å². The highest BCUT2D eigenvalue weighted by atomic mass is 16.5. The zero-order valence-electron chi connectivity index (χ0n) is 16.0. The van der Waals surface area contributed by atoms with E-state index in [4.69, 9.17) is 9.52 Å². The molecule has 1 saturated heterocycles. The maximum absolute atomic E-state index is 5.04. The van der Waals surface area contributed by atoms with Gasteiger partial charge in [-0.2, -0.15) is 4.98 Å². The first-order chi connectivity index (χ1) is 12.7. The molecule has 0 aliphatic carbocycles. The first kappa shape index (κ1) is 18.4. The van der Waals surface area contributed by atoms with Crippen LogP contribution in [0.25, 0.3) is 0 Å². The van der Waals surface area contributed by atoms with Gasteiger partial charge in [0.1, 0.15) is 6.54 Å². The average molecular weight is 355 g/mol. The van der Waals surface area contributed by atoms with Gasteiger partial charge < -0.3 is 14.7 Å². The summed E-state index contributed by atoms with van der Waals surface area (Å²) in [5, 5.41) is 7.35. The predicted octanol–water partition coefficient (Wildman–Crippen LogP) is 3.36. The largest absolute Gasteiger partial charge is 0.357 e. The van der Waals surface area contributed by atoms with E-state index in [2.05, 4.69) is 64.5 Å². The Morgan fingerprint density at radius 3 is 2.77 bits per heavy atom. The van der Waals surface area contributed by atoms with E-state index in [-0.39, 0.29) is 0 Å². The van der Waals surface area contributed by atoms with E-state index < -0.39 is 0 Å². The number of nitrogens with zero attached hydrogens (tertiary/aromatic N) is 4. The van der Waals surface area contributed by atoms with Crippen LogP contribution < -0.4 is 5.32 Å². The Bertz CT molecular complexity index is 712. The molecule has 1 aliphatic rings. The molecule has 0 saturated carbocycles. The minimum atomic E-state index is 0.440. The number of guanidine groups is 1. The summed E-state index contributed by atoms with van der Waals surface area (Å²) in [4.78, 5) is 11.4. The van der Waals surface area contributed by atoms with E-state index in [0.717, 1.165) is 32.0 Å². The number of aliphatic imine (C=N–C) groups is 1. The molecule has 0 spiro atoms. The van der Waals surface area contributed by atoms with Crippen molar-refractivity contribution in [2.24, 2.45) is 10.9 Å². The summed E-state index contributed by atoms with van der Waals surface area (Å²) in [5.74, 6) is 3.40. The lowest BCUT2D eigenvalue weighted by Crippen LogP contribution is -2.48. The van der Waals surface area contributed by atoms with Crippen molar-refractivity contribution >= 4 is 5.96 Å². The van der Waals surface area contributed by atoms with Crippen molar-refractivity contribution in [3.63, 3.8) is 0 Å². The number of nitrogens with one attached hydrogen (secondary N) is 1. The lowest BCUT2D eigenvalue weighted by atomic mass is 9.79. The maximum Gasteiger partial charge on any atom is 0.223 e. The molecule has 26 heavy (non-hydrogen) atoms. The van der Waals surface area contributed by atoms with Crippen molar-refractivity contribution < 1.29 is 4.52 Å². The van der Waals surface area contributed by atoms with Crippen LogP contribution in [0.1, 0.15) is 49.9 Å². The zero-order chi connectivity index (χ0) is 18.4. The average Bonchev–Trinajstić information content (AvgIpc) is 3.10. The van der Waals surface area contributed by atoms with Gasteiger partial charge >= 0.3 is 0 Å². The molecule has 2 aromatic rings. The fourth-order valence-corrected chi connectivity index (χ4v) is 3.75. The van der Waals surface area contributed by atoms with Crippen molar-refractivity contribution in [2.75, 3.05) is 19.6 Å². The van der Waals surface area contributed by atoms with Gasteiger partial charge in [-0.15, -0.1) is 0 Å². The van der Waals surface area contributed by atoms with E-state index in [1.807, 2.05) is 0 Å². The van der Waals surface area contributed by atoms with Crippen LogP contribution in [0.3, 0.4) is 0 Å². The second-order valence-electron chi connectivity index (χ2n) is 6.82. The van der Waals surface area contributed by atoms with Gasteiger partial charge in [0.15, 0.2) is 11.8 Å². The monoisotopic (exact) mass is 355 g/mol. The summed E-state index contributed by atoms with van der Waals surface area (Å²) < 4.78 is 5.04. The summed E-state index contributed by atoms with van der Waals surface area (Å²) in [6, 6.07) is 10.9. The quantitative estimate of drug-likeness (QED) is 0.658. The Morgan fingerprint density at radius 1 is 1.31 bits per heavy atom. The molecule has 2 atom stereocenters. The van der Waals surface area contributed by atoms with Crippen LogP contribution in [-0.4, -0.2) is 40.6 Å². The Labute approximate surface area is 155 Å². The van der Waals surface area contributed by atoms with Gasteiger partial charge in [-0.25, -0.2) is 4.99 Å². The summed E-state index contributed by atoms with van der Waals surface area (Å²) in [6.07, 6.45) is 2.31. The highest BCUT2D eigenvalue weighted by Crippen LogP contribution is 2.34. The molecular formula is C20H29N5O. The molecule has 2 heterocycles. The van der Waals surface area contributed by atoms with Crippen LogP contribution >= 0.6 is 0 Å². The summed E-state index contributed by atoms with van der Waals surface area (Å²) in [7, 11) is 0. The molecule has 0 bridgehead atoms. The Kier molecular flexibility index (Phi) is 6.26.